The Morgan fingerprint density at radius 3 is 2.48 bits per heavy atom. The van der Waals surface area contributed by atoms with Crippen LogP contribution in [-0.4, -0.2) is 16.9 Å². The molecule has 2 saturated carbocycles. The Hall–Kier alpha value is -1.37. The van der Waals surface area contributed by atoms with E-state index in [1.807, 2.05) is 6.07 Å². The van der Waals surface area contributed by atoms with Gasteiger partial charge in [0.15, 0.2) is 0 Å². The third-order valence-electron chi connectivity index (χ3n) is 5.39. The lowest BCUT2D eigenvalue weighted by Crippen LogP contribution is -2.26. The van der Waals surface area contributed by atoms with Crippen molar-refractivity contribution in [2.75, 3.05) is 0 Å². The van der Waals surface area contributed by atoms with Gasteiger partial charge in [-0.25, -0.2) is 0 Å². The average molecular weight is 291 g/mol. The number of aliphatic carboxylic acids is 1. The van der Waals surface area contributed by atoms with Crippen LogP contribution in [0.2, 0.25) is 0 Å². The molecule has 0 radical (unpaired) electrons. The van der Waals surface area contributed by atoms with Gasteiger partial charge in [-0.15, -0.1) is 0 Å². The lowest BCUT2D eigenvalue weighted by Gasteiger charge is -2.30. The first kappa shape index (κ1) is 16.0. The standard InChI is InChI=1S/C17H25NO3/c18-9-8-14(19)7-6-12-10-15(16(11-12)17(20)21)13-4-2-1-3-5-13/h12-13,15-16H,1-8,10-11H2,(H,20,21)/t12?,15-,16+/m0/s1. The number of rotatable bonds is 6. The van der Waals surface area contributed by atoms with Gasteiger partial charge in [-0.1, -0.05) is 32.1 Å². The molecule has 116 valence electrons. The molecule has 0 heterocycles. The molecule has 2 fully saturated rings. The maximum atomic E-state index is 11.5. The molecule has 4 nitrogen and oxygen atoms in total. The summed E-state index contributed by atoms with van der Waals surface area (Å²) in [5, 5.41) is 18.0. The molecule has 21 heavy (non-hydrogen) atoms. The van der Waals surface area contributed by atoms with Crippen molar-refractivity contribution in [1.29, 1.82) is 5.26 Å². The monoisotopic (exact) mass is 291 g/mol. The third-order valence-corrected chi connectivity index (χ3v) is 5.39. The highest BCUT2D eigenvalue weighted by Gasteiger charge is 2.42. The van der Waals surface area contributed by atoms with Crippen molar-refractivity contribution < 1.29 is 14.7 Å². The van der Waals surface area contributed by atoms with E-state index in [9.17, 15) is 14.7 Å². The zero-order chi connectivity index (χ0) is 15.2. The summed E-state index contributed by atoms with van der Waals surface area (Å²) in [4.78, 5) is 23.0. The first-order chi connectivity index (χ1) is 10.1. The Labute approximate surface area is 126 Å². The van der Waals surface area contributed by atoms with Crippen LogP contribution < -0.4 is 0 Å². The van der Waals surface area contributed by atoms with E-state index in [2.05, 4.69) is 0 Å². The van der Waals surface area contributed by atoms with E-state index in [1.54, 1.807) is 0 Å². The fourth-order valence-corrected chi connectivity index (χ4v) is 4.32. The van der Waals surface area contributed by atoms with E-state index in [1.165, 1.54) is 32.1 Å². The topological polar surface area (TPSA) is 78.2 Å². The van der Waals surface area contributed by atoms with E-state index in [0.717, 1.165) is 19.3 Å². The van der Waals surface area contributed by atoms with E-state index >= 15 is 0 Å². The smallest absolute Gasteiger partial charge is 0.306 e. The number of nitriles is 1. The zero-order valence-electron chi connectivity index (χ0n) is 12.6. The van der Waals surface area contributed by atoms with Crippen molar-refractivity contribution in [3.05, 3.63) is 0 Å². The maximum absolute atomic E-state index is 11.5. The molecule has 1 unspecified atom stereocenters. The lowest BCUT2D eigenvalue weighted by atomic mass is 9.75. The molecule has 0 aromatic rings. The fraction of sp³-hybridized carbons (Fsp3) is 0.824. The van der Waals surface area contributed by atoms with Crippen LogP contribution in [0.5, 0.6) is 0 Å². The van der Waals surface area contributed by atoms with Crippen LogP contribution in [0.1, 0.15) is 64.2 Å². The molecule has 0 bridgehead atoms. The number of carbonyl (C=O) groups is 2. The van der Waals surface area contributed by atoms with Gasteiger partial charge in [-0.3, -0.25) is 9.59 Å². The van der Waals surface area contributed by atoms with E-state index in [4.69, 9.17) is 5.26 Å². The summed E-state index contributed by atoms with van der Waals surface area (Å²) < 4.78 is 0. The van der Waals surface area contributed by atoms with Crippen LogP contribution in [0.4, 0.5) is 0 Å². The summed E-state index contributed by atoms with van der Waals surface area (Å²) in [6.45, 7) is 0. The fourth-order valence-electron chi connectivity index (χ4n) is 4.32. The first-order valence-corrected chi connectivity index (χ1v) is 8.23. The van der Waals surface area contributed by atoms with Crippen LogP contribution in [0.25, 0.3) is 0 Å². The van der Waals surface area contributed by atoms with Gasteiger partial charge in [0.2, 0.25) is 0 Å². The van der Waals surface area contributed by atoms with E-state index in [0.29, 0.717) is 24.2 Å². The van der Waals surface area contributed by atoms with Crippen LogP contribution in [0, 0.1) is 35.0 Å². The number of hydrogen-bond acceptors (Lipinski definition) is 3. The lowest BCUT2D eigenvalue weighted by molar-refractivity contribution is -0.143. The van der Waals surface area contributed by atoms with Gasteiger partial charge in [-0.2, -0.15) is 5.26 Å². The van der Waals surface area contributed by atoms with Gasteiger partial charge in [0.1, 0.15) is 5.78 Å². The highest BCUT2D eigenvalue weighted by atomic mass is 16.4. The summed E-state index contributed by atoms with van der Waals surface area (Å²) in [5.41, 5.74) is 0. The van der Waals surface area contributed by atoms with Crippen molar-refractivity contribution in [3.63, 3.8) is 0 Å². The van der Waals surface area contributed by atoms with Gasteiger partial charge < -0.3 is 5.11 Å². The Kier molecular flexibility index (Phi) is 5.78. The highest BCUT2D eigenvalue weighted by molar-refractivity contribution is 5.80. The van der Waals surface area contributed by atoms with Crippen molar-refractivity contribution in [1.82, 2.24) is 0 Å². The molecule has 2 aliphatic carbocycles. The number of carboxylic acids is 1. The number of Topliss-reactive ketones (excluding diaryl/α,β-unsaturated/α-hetero) is 1. The number of nitrogens with zero attached hydrogens (tertiary/aromatic N) is 1. The van der Waals surface area contributed by atoms with Crippen LogP contribution in [-0.2, 0) is 9.59 Å². The van der Waals surface area contributed by atoms with Gasteiger partial charge in [0.25, 0.3) is 0 Å². The van der Waals surface area contributed by atoms with Gasteiger partial charge in [0, 0.05) is 6.42 Å². The molecular formula is C17H25NO3. The molecule has 4 heteroatoms. The second kappa shape index (κ2) is 7.59. The maximum Gasteiger partial charge on any atom is 0.306 e. The predicted octanol–water partition coefficient (Wildman–Crippen LogP) is 3.56. The Bertz CT molecular complexity index is 420. The molecule has 1 N–H and O–H groups in total. The summed E-state index contributed by atoms with van der Waals surface area (Å²) in [5.74, 6) is 0.338. The SMILES string of the molecule is N#CCC(=O)CCC1C[C@@H](C(=O)O)[C@H](C2CCCCC2)C1. The minimum absolute atomic E-state index is 0.00880. The molecule has 2 rings (SSSR count). The van der Waals surface area contributed by atoms with Crippen LogP contribution >= 0.6 is 0 Å². The minimum atomic E-state index is -0.656. The van der Waals surface area contributed by atoms with Gasteiger partial charge in [-0.05, 0) is 37.0 Å². The van der Waals surface area contributed by atoms with Crippen molar-refractivity contribution in [2.45, 2.75) is 64.2 Å². The Morgan fingerprint density at radius 1 is 1.14 bits per heavy atom. The molecule has 3 atom stereocenters. The number of ketones is 1. The number of hydrogen-bond donors (Lipinski definition) is 1. The third kappa shape index (κ3) is 4.30. The molecule has 0 saturated heterocycles. The summed E-state index contributed by atoms with van der Waals surface area (Å²) in [6, 6.07) is 1.89. The highest BCUT2D eigenvalue weighted by Crippen LogP contribution is 2.46. The quantitative estimate of drug-likeness (QED) is 0.811. The molecule has 0 spiro atoms. The number of carboxylic acid groups (broad SMARTS) is 1. The second-order valence-corrected chi connectivity index (χ2v) is 6.76. The van der Waals surface area contributed by atoms with Gasteiger partial charge >= 0.3 is 5.97 Å². The summed E-state index contributed by atoms with van der Waals surface area (Å²) in [6.07, 6.45) is 8.96. The van der Waals surface area contributed by atoms with Crippen LogP contribution in [0.3, 0.4) is 0 Å². The molecule has 0 amide bonds. The van der Waals surface area contributed by atoms with Crippen molar-refractivity contribution in [3.8, 4) is 6.07 Å². The predicted molar refractivity (Wildman–Crippen MR) is 78.4 cm³/mol. The molecule has 2 aliphatic rings. The molecule has 0 aliphatic heterocycles. The minimum Gasteiger partial charge on any atom is -0.481 e. The first-order valence-electron chi connectivity index (χ1n) is 8.23. The zero-order valence-corrected chi connectivity index (χ0v) is 12.6. The molecule has 0 aromatic carbocycles. The van der Waals surface area contributed by atoms with Crippen molar-refractivity contribution in [2.24, 2.45) is 23.7 Å². The molecular weight excluding hydrogens is 266 g/mol. The summed E-state index contributed by atoms with van der Waals surface area (Å²) in [7, 11) is 0. The van der Waals surface area contributed by atoms with E-state index in [-0.39, 0.29) is 18.1 Å². The van der Waals surface area contributed by atoms with E-state index < -0.39 is 5.97 Å². The Balaban J connectivity index is 1.90. The largest absolute Gasteiger partial charge is 0.481 e. The number of carbonyl (C=O) groups excluding carboxylic acids is 1. The summed E-state index contributed by atoms with van der Waals surface area (Å²) >= 11 is 0. The normalized spacial score (nSPS) is 30.0. The van der Waals surface area contributed by atoms with Crippen molar-refractivity contribution >= 4 is 11.8 Å². The second-order valence-electron chi connectivity index (χ2n) is 6.76. The van der Waals surface area contributed by atoms with Gasteiger partial charge in [0.05, 0.1) is 18.4 Å². The Morgan fingerprint density at radius 2 is 1.86 bits per heavy atom. The van der Waals surface area contributed by atoms with Crippen LogP contribution in [0.15, 0.2) is 0 Å². The molecule has 0 aromatic heterocycles. The average Bonchev–Trinajstić information content (AvgIpc) is 2.91.